The van der Waals surface area contributed by atoms with Crippen LogP contribution < -0.4 is 5.32 Å². The van der Waals surface area contributed by atoms with Crippen LogP contribution in [0.2, 0.25) is 0 Å². The van der Waals surface area contributed by atoms with Gasteiger partial charge in [-0.15, -0.1) is 0 Å². The fourth-order valence-corrected chi connectivity index (χ4v) is 2.93. The predicted molar refractivity (Wildman–Crippen MR) is 73.5 cm³/mol. The highest BCUT2D eigenvalue weighted by Gasteiger charge is 2.22. The topological polar surface area (TPSA) is 35.6 Å². The highest BCUT2D eigenvalue weighted by molar-refractivity contribution is 5.78. The first-order valence-electron chi connectivity index (χ1n) is 7.42. The molecule has 2 aliphatic heterocycles. The number of amides is 1. The van der Waals surface area contributed by atoms with E-state index < -0.39 is 0 Å². The zero-order valence-corrected chi connectivity index (χ0v) is 11.8. The molecule has 0 atom stereocenters. The van der Waals surface area contributed by atoms with Crippen LogP contribution in [-0.4, -0.2) is 60.5 Å². The first kappa shape index (κ1) is 13.8. The highest BCUT2D eigenvalue weighted by Crippen LogP contribution is 2.13. The van der Waals surface area contributed by atoms with Crippen LogP contribution in [0.15, 0.2) is 0 Å². The van der Waals surface area contributed by atoms with Crippen molar-refractivity contribution in [1.82, 2.24) is 15.1 Å². The van der Waals surface area contributed by atoms with Crippen molar-refractivity contribution < 1.29 is 4.79 Å². The molecule has 2 aliphatic rings. The maximum Gasteiger partial charge on any atom is 0.236 e. The third-order valence-corrected chi connectivity index (χ3v) is 4.26. The van der Waals surface area contributed by atoms with Gasteiger partial charge in [-0.2, -0.15) is 0 Å². The van der Waals surface area contributed by atoms with E-state index in [4.69, 9.17) is 0 Å². The van der Waals surface area contributed by atoms with Crippen LogP contribution in [0.4, 0.5) is 0 Å². The molecule has 0 aromatic heterocycles. The van der Waals surface area contributed by atoms with E-state index in [1.165, 1.54) is 25.7 Å². The summed E-state index contributed by atoms with van der Waals surface area (Å²) in [5.74, 6) is 0.291. The average molecular weight is 253 g/mol. The molecule has 0 aliphatic carbocycles. The Morgan fingerprint density at radius 3 is 2.33 bits per heavy atom. The minimum atomic E-state index is 0.291. The molecule has 104 valence electrons. The largest absolute Gasteiger partial charge is 0.342 e. The highest BCUT2D eigenvalue weighted by atomic mass is 16.2. The number of rotatable bonds is 4. The van der Waals surface area contributed by atoms with Gasteiger partial charge < -0.3 is 15.1 Å². The number of carbonyl (C=O) groups excluding carboxylic acids is 1. The van der Waals surface area contributed by atoms with Gasteiger partial charge in [-0.1, -0.05) is 0 Å². The van der Waals surface area contributed by atoms with Gasteiger partial charge in [0, 0.05) is 25.2 Å². The van der Waals surface area contributed by atoms with Crippen molar-refractivity contribution in [3.63, 3.8) is 0 Å². The fraction of sp³-hybridized carbons (Fsp3) is 0.929. The van der Waals surface area contributed by atoms with Gasteiger partial charge in [0.1, 0.15) is 0 Å². The van der Waals surface area contributed by atoms with Gasteiger partial charge in [0.05, 0.1) is 6.54 Å². The van der Waals surface area contributed by atoms with Gasteiger partial charge in [0.25, 0.3) is 0 Å². The smallest absolute Gasteiger partial charge is 0.236 e. The second kappa shape index (κ2) is 6.53. The maximum absolute atomic E-state index is 11.9. The van der Waals surface area contributed by atoms with E-state index in [9.17, 15) is 4.79 Å². The monoisotopic (exact) mass is 253 g/mol. The summed E-state index contributed by atoms with van der Waals surface area (Å²) in [4.78, 5) is 16.4. The van der Waals surface area contributed by atoms with Crippen molar-refractivity contribution in [3.8, 4) is 0 Å². The normalized spacial score (nSPS) is 22.9. The molecule has 2 saturated heterocycles. The molecule has 0 aromatic carbocycles. The van der Waals surface area contributed by atoms with Crippen LogP contribution in [0.1, 0.15) is 39.5 Å². The Morgan fingerprint density at radius 1 is 1.17 bits per heavy atom. The number of likely N-dealkylation sites (tertiary alicyclic amines) is 2. The summed E-state index contributed by atoms with van der Waals surface area (Å²) in [5, 5.41) is 3.44. The lowest BCUT2D eigenvalue weighted by Crippen LogP contribution is -2.47. The molecule has 1 N–H and O–H groups in total. The minimum Gasteiger partial charge on any atom is -0.342 e. The zero-order chi connectivity index (χ0) is 13.0. The van der Waals surface area contributed by atoms with E-state index >= 15 is 0 Å². The number of piperidine rings is 1. The summed E-state index contributed by atoms with van der Waals surface area (Å²) in [6, 6.07) is 1.18. The SMILES string of the molecule is CC(C)N1CCC(NCC(=O)N2CCCC2)CC1. The number of carbonyl (C=O) groups is 1. The van der Waals surface area contributed by atoms with Crippen LogP contribution in [0.5, 0.6) is 0 Å². The van der Waals surface area contributed by atoms with Crippen LogP contribution in [0.25, 0.3) is 0 Å². The zero-order valence-electron chi connectivity index (χ0n) is 11.8. The van der Waals surface area contributed by atoms with Crippen molar-refractivity contribution >= 4 is 5.91 Å². The lowest BCUT2D eigenvalue weighted by Gasteiger charge is -2.35. The lowest BCUT2D eigenvalue weighted by molar-refractivity contribution is -0.129. The average Bonchev–Trinajstić information content (AvgIpc) is 2.90. The number of nitrogens with zero attached hydrogens (tertiary/aromatic N) is 2. The van der Waals surface area contributed by atoms with Gasteiger partial charge in [0.15, 0.2) is 0 Å². The Balaban J connectivity index is 1.64. The second-order valence-electron chi connectivity index (χ2n) is 5.87. The third-order valence-electron chi connectivity index (χ3n) is 4.26. The summed E-state index contributed by atoms with van der Waals surface area (Å²) in [7, 11) is 0. The van der Waals surface area contributed by atoms with Crippen LogP contribution in [0, 0.1) is 0 Å². The van der Waals surface area contributed by atoms with E-state index in [1.54, 1.807) is 0 Å². The number of hydrogen-bond donors (Lipinski definition) is 1. The summed E-state index contributed by atoms with van der Waals surface area (Å²) in [6.45, 7) is 9.29. The molecule has 2 rings (SSSR count). The quantitative estimate of drug-likeness (QED) is 0.814. The summed E-state index contributed by atoms with van der Waals surface area (Å²) >= 11 is 0. The molecule has 2 fully saturated rings. The molecule has 18 heavy (non-hydrogen) atoms. The Hall–Kier alpha value is -0.610. The number of nitrogens with one attached hydrogen (secondary N) is 1. The molecule has 0 spiro atoms. The van der Waals surface area contributed by atoms with Crippen LogP contribution >= 0.6 is 0 Å². The van der Waals surface area contributed by atoms with Gasteiger partial charge >= 0.3 is 0 Å². The summed E-state index contributed by atoms with van der Waals surface area (Å²) < 4.78 is 0. The minimum absolute atomic E-state index is 0.291. The van der Waals surface area contributed by atoms with E-state index in [1.807, 2.05) is 4.90 Å². The van der Waals surface area contributed by atoms with E-state index in [2.05, 4.69) is 24.1 Å². The van der Waals surface area contributed by atoms with E-state index in [0.29, 0.717) is 24.5 Å². The van der Waals surface area contributed by atoms with Crippen molar-refractivity contribution in [2.45, 2.75) is 51.6 Å². The Bertz CT molecular complexity index is 266. The molecule has 2 heterocycles. The van der Waals surface area contributed by atoms with Gasteiger partial charge in [-0.05, 0) is 52.6 Å². The maximum atomic E-state index is 11.9. The molecular weight excluding hydrogens is 226 g/mol. The van der Waals surface area contributed by atoms with Crippen LogP contribution in [-0.2, 0) is 4.79 Å². The Labute approximate surface area is 111 Å². The molecule has 0 radical (unpaired) electrons. The Kier molecular flexibility index (Phi) is 5.01. The molecule has 0 saturated carbocycles. The standard InChI is InChI=1S/C14H27N3O/c1-12(2)16-9-5-13(6-10-16)15-11-14(18)17-7-3-4-8-17/h12-13,15H,3-11H2,1-2H3. The second-order valence-corrected chi connectivity index (χ2v) is 5.87. The molecule has 0 aromatic rings. The molecular formula is C14H27N3O. The molecule has 4 nitrogen and oxygen atoms in total. The fourth-order valence-electron chi connectivity index (χ4n) is 2.93. The van der Waals surface area contributed by atoms with Crippen LogP contribution in [0.3, 0.4) is 0 Å². The van der Waals surface area contributed by atoms with Gasteiger partial charge in [-0.3, -0.25) is 4.79 Å². The molecule has 0 unspecified atom stereocenters. The van der Waals surface area contributed by atoms with Gasteiger partial charge in [-0.25, -0.2) is 0 Å². The van der Waals surface area contributed by atoms with E-state index in [-0.39, 0.29) is 0 Å². The Morgan fingerprint density at radius 2 is 1.78 bits per heavy atom. The molecule has 0 bridgehead atoms. The van der Waals surface area contributed by atoms with E-state index in [0.717, 1.165) is 26.2 Å². The molecule has 4 heteroatoms. The molecule has 1 amide bonds. The summed E-state index contributed by atoms with van der Waals surface area (Å²) in [6.07, 6.45) is 4.70. The third kappa shape index (κ3) is 3.69. The van der Waals surface area contributed by atoms with Crippen molar-refractivity contribution in [2.75, 3.05) is 32.7 Å². The van der Waals surface area contributed by atoms with Crippen molar-refractivity contribution in [1.29, 1.82) is 0 Å². The van der Waals surface area contributed by atoms with Gasteiger partial charge in [0.2, 0.25) is 5.91 Å². The number of hydrogen-bond acceptors (Lipinski definition) is 3. The summed E-state index contributed by atoms with van der Waals surface area (Å²) in [5.41, 5.74) is 0. The van der Waals surface area contributed by atoms with Crippen molar-refractivity contribution in [3.05, 3.63) is 0 Å². The first-order valence-corrected chi connectivity index (χ1v) is 7.42. The predicted octanol–water partition coefficient (Wildman–Crippen LogP) is 1.07. The van der Waals surface area contributed by atoms with Crippen molar-refractivity contribution in [2.24, 2.45) is 0 Å². The lowest BCUT2D eigenvalue weighted by atomic mass is 10.0. The first-order chi connectivity index (χ1) is 8.66.